The molecule has 4 heterocycles. The van der Waals surface area contributed by atoms with Gasteiger partial charge in [0.15, 0.2) is 11.3 Å². The Morgan fingerprint density at radius 1 is 1.48 bits per heavy atom. The zero-order chi connectivity index (χ0) is 16.1. The highest BCUT2D eigenvalue weighted by Gasteiger charge is 2.31. The predicted octanol–water partition coefficient (Wildman–Crippen LogP) is 3.97. The molecule has 1 amide bonds. The van der Waals surface area contributed by atoms with Gasteiger partial charge >= 0.3 is 0 Å². The summed E-state index contributed by atoms with van der Waals surface area (Å²) in [7, 11) is 0. The Kier molecular flexibility index (Phi) is 3.66. The van der Waals surface area contributed by atoms with Crippen LogP contribution in [0.4, 0.5) is 0 Å². The summed E-state index contributed by atoms with van der Waals surface area (Å²) in [4.78, 5) is 20.2. The fourth-order valence-corrected chi connectivity index (χ4v) is 4.86. The summed E-state index contributed by atoms with van der Waals surface area (Å²) in [6, 6.07) is 3.89. The maximum Gasteiger partial charge on any atom is 0.274 e. The van der Waals surface area contributed by atoms with Crippen LogP contribution in [0.1, 0.15) is 33.9 Å². The van der Waals surface area contributed by atoms with Crippen molar-refractivity contribution in [3.05, 3.63) is 49.5 Å². The molecule has 1 aliphatic rings. The van der Waals surface area contributed by atoms with Crippen LogP contribution >= 0.6 is 38.9 Å². The molecule has 0 N–H and O–H groups in total. The maximum atomic E-state index is 12.9. The second kappa shape index (κ2) is 5.58. The van der Waals surface area contributed by atoms with E-state index in [4.69, 9.17) is 11.6 Å². The van der Waals surface area contributed by atoms with Crippen molar-refractivity contribution in [3.8, 4) is 0 Å². The van der Waals surface area contributed by atoms with Crippen molar-refractivity contribution in [3.63, 3.8) is 0 Å². The number of hydrogen-bond acceptors (Lipinski definition) is 4. The van der Waals surface area contributed by atoms with E-state index < -0.39 is 0 Å². The Balaban J connectivity index is 1.68. The highest BCUT2D eigenvalue weighted by Crippen LogP contribution is 2.38. The smallest absolute Gasteiger partial charge is 0.274 e. The Morgan fingerprint density at radius 2 is 2.30 bits per heavy atom. The topological polar surface area (TPSA) is 50.5 Å². The van der Waals surface area contributed by atoms with Crippen LogP contribution in [0, 0.1) is 0 Å². The van der Waals surface area contributed by atoms with E-state index in [1.807, 2.05) is 4.90 Å². The number of thiophene rings is 1. The highest BCUT2D eigenvalue weighted by atomic mass is 79.9. The fraction of sp³-hybridized carbons (Fsp3) is 0.267. The van der Waals surface area contributed by atoms with Crippen molar-refractivity contribution < 1.29 is 4.79 Å². The van der Waals surface area contributed by atoms with E-state index in [9.17, 15) is 4.79 Å². The van der Waals surface area contributed by atoms with Gasteiger partial charge in [0.1, 0.15) is 0 Å². The van der Waals surface area contributed by atoms with Gasteiger partial charge < -0.3 is 4.90 Å². The van der Waals surface area contributed by atoms with Crippen LogP contribution in [0.3, 0.4) is 0 Å². The number of carbonyl (C=O) groups excluding carboxylic acids is 1. The normalized spacial score (nSPS) is 17.5. The lowest BCUT2D eigenvalue weighted by atomic mass is 10.0. The van der Waals surface area contributed by atoms with Gasteiger partial charge in [0.05, 0.1) is 21.0 Å². The molecule has 5 nitrogen and oxygen atoms in total. The second-order valence-corrected chi connectivity index (χ2v) is 8.37. The highest BCUT2D eigenvalue weighted by molar-refractivity contribution is 9.11. The largest absolute Gasteiger partial charge is 0.329 e. The molecule has 0 saturated carbocycles. The summed E-state index contributed by atoms with van der Waals surface area (Å²) in [5, 5.41) is 4.80. The third kappa shape index (κ3) is 2.56. The van der Waals surface area contributed by atoms with E-state index in [0.29, 0.717) is 22.9 Å². The van der Waals surface area contributed by atoms with Crippen LogP contribution in [0.25, 0.3) is 5.65 Å². The minimum absolute atomic E-state index is 0.0453. The first-order valence-electron chi connectivity index (χ1n) is 7.13. The summed E-state index contributed by atoms with van der Waals surface area (Å²) in [5.74, 6) is -0.0747. The molecule has 1 atom stereocenters. The number of fused-ring (bicyclic) bond motifs is 2. The van der Waals surface area contributed by atoms with Crippen LogP contribution in [-0.4, -0.2) is 31.9 Å². The fourth-order valence-electron chi connectivity index (χ4n) is 2.92. The van der Waals surface area contributed by atoms with Gasteiger partial charge in [0.2, 0.25) is 0 Å². The van der Waals surface area contributed by atoms with Gasteiger partial charge in [0.25, 0.3) is 5.91 Å². The van der Waals surface area contributed by atoms with Gasteiger partial charge in [-0.15, -0.1) is 11.3 Å². The maximum absolute atomic E-state index is 12.9. The molecule has 0 aliphatic carbocycles. The molecule has 0 aromatic carbocycles. The molecule has 1 unspecified atom stereocenters. The van der Waals surface area contributed by atoms with E-state index >= 15 is 0 Å². The monoisotopic (exact) mass is 410 g/mol. The van der Waals surface area contributed by atoms with Gasteiger partial charge in [-0.3, -0.25) is 4.79 Å². The number of amides is 1. The molecule has 3 aromatic rings. The molecule has 0 radical (unpaired) electrons. The Labute approximate surface area is 150 Å². The number of carbonyl (C=O) groups is 1. The summed E-state index contributed by atoms with van der Waals surface area (Å²) >= 11 is 11.1. The van der Waals surface area contributed by atoms with Crippen LogP contribution in [0.15, 0.2) is 28.3 Å². The van der Waals surface area contributed by atoms with Gasteiger partial charge in [-0.25, -0.2) is 9.50 Å². The molecular formula is C15H12BrClN4OS. The quantitative estimate of drug-likeness (QED) is 0.609. The van der Waals surface area contributed by atoms with Crippen LogP contribution in [0.5, 0.6) is 0 Å². The third-order valence-corrected chi connectivity index (χ3v) is 6.09. The van der Waals surface area contributed by atoms with Crippen molar-refractivity contribution in [1.29, 1.82) is 0 Å². The van der Waals surface area contributed by atoms with E-state index in [1.54, 1.807) is 29.8 Å². The molecule has 0 fully saturated rings. The lowest BCUT2D eigenvalue weighted by Gasteiger charge is -2.32. The second-order valence-electron chi connectivity index (χ2n) is 5.47. The summed E-state index contributed by atoms with van der Waals surface area (Å²) in [5.41, 5.74) is 2.33. The lowest BCUT2D eigenvalue weighted by molar-refractivity contribution is 0.0675. The van der Waals surface area contributed by atoms with E-state index in [0.717, 1.165) is 10.2 Å². The van der Waals surface area contributed by atoms with E-state index in [2.05, 4.69) is 39.0 Å². The minimum Gasteiger partial charge on any atom is -0.329 e. The molecule has 23 heavy (non-hydrogen) atoms. The molecule has 1 aliphatic heterocycles. The summed E-state index contributed by atoms with van der Waals surface area (Å²) < 4.78 is 2.65. The first-order chi connectivity index (χ1) is 11.0. The molecule has 8 heteroatoms. The van der Waals surface area contributed by atoms with E-state index in [-0.39, 0.29) is 11.9 Å². The predicted molar refractivity (Wildman–Crippen MR) is 93.2 cm³/mol. The standard InChI is InChI=1S/C15H12BrClN4OS/c1-8-14-9(4-12(16)23-14)2-3-20(8)15(22)11-5-13-18-6-10(17)7-21(13)19-11/h4-8H,2-3H2,1H3. The van der Waals surface area contributed by atoms with Crippen molar-refractivity contribution >= 4 is 50.4 Å². The third-order valence-electron chi connectivity index (χ3n) is 4.04. The van der Waals surface area contributed by atoms with Gasteiger partial charge in [-0.2, -0.15) is 5.10 Å². The van der Waals surface area contributed by atoms with Crippen LogP contribution in [-0.2, 0) is 6.42 Å². The van der Waals surface area contributed by atoms with Crippen molar-refractivity contribution in [2.75, 3.05) is 6.54 Å². The van der Waals surface area contributed by atoms with Crippen LogP contribution < -0.4 is 0 Å². The zero-order valence-corrected chi connectivity index (χ0v) is 15.3. The van der Waals surface area contributed by atoms with Gasteiger partial charge in [0, 0.05) is 23.7 Å². The van der Waals surface area contributed by atoms with Crippen LogP contribution in [0.2, 0.25) is 5.02 Å². The molecule has 3 aromatic heterocycles. The van der Waals surface area contributed by atoms with Crippen molar-refractivity contribution in [2.24, 2.45) is 0 Å². The Bertz CT molecular complexity index is 921. The Morgan fingerprint density at radius 3 is 3.13 bits per heavy atom. The molecule has 4 rings (SSSR count). The number of halogens is 2. The lowest BCUT2D eigenvalue weighted by Crippen LogP contribution is -2.38. The molecule has 0 bridgehead atoms. The first kappa shape index (κ1) is 15.1. The average molecular weight is 412 g/mol. The summed E-state index contributed by atoms with van der Waals surface area (Å²) in [6.07, 6.45) is 4.06. The number of rotatable bonds is 1. The number of nitrogens with zero attached hydrogens (tertiary/aromatic N) is 4. The van der Waals surface area contributed by atoms with Crippen molar-refractivity contribution in [2.45, 2.75) is 19.4 Å². The number of hydrogen-bond donors (Lipinski definition) is 0. The molecular weight excluding hydrogens is 400 g/mol. The SMILES string of the molecule is CC1c2sc(Br)cc2CCN1C(=O)c1cc2ncc(Cl)cn2n1. The molecule has 118 valence electrons. The first-order valence-corrected chi connectivity index (χ1v) is 9.11. The zero-order valence-electron chi connectivity index (χ0n) is 12.2. The average Bonchev–Trinajstić information content (AvgIpc) is 3.09. The molecule has 0 saturated heterocycles. The van der Waals surface area contributed by atoms with Crippen molar-refractivity contribution in [1.82, 2.24) is 19.5 Å². The number of aromatic nitrogens is 3. The summed E-state index contributed by atoms with van der Waals surface area (Å²) in [6.45, 7) is 2.75. The van der Waals surface area contributed by atoms with Gasteiger partial charge in [-0.05, 0) is 40.9 Å². The minimum atomic E-state index is -0.0747. The Hall–Kier alpha value is -1.44. The van der Waals surface area contributed by atoms with E-state index in [1.165, 1.54) is 15.0 Å². The molecule has 0 spiro atoms. The van der Waals surface area contributed by atoms with Gasteiger partial charge in [-0.1, -0.05) is 11.6 Å².